The lowest BCUT2D eigenvalue weighted by Crippen LogP contribution is -2.49. The van der Waals surface area contributed by atoms with Crippen molar-refractivity contribution in [2.24, 2.45) is 0 Å². The molecule has 1 N–H and O–H groups in total. The number of carbonyl (C=O) groups is 1. The van der Waals surface area contributed by atoms with Gasteiger partial charge in [0, 0.05) is 31.7 Å². The molecule has 164 valence electrons. The van der Waals surface area contributed by atoms with Gasteiger partial charge in [0.25, 0.3) is 0 Å². The Kier molecular flexibility index (Phi) is 5.83. The third-order valence-electron chi connectivity index (χ3n) is 6.93. The highest BCUT2D eigenvalue weighted by Crippen LogP contribution is 2.40. The molecular weight excluding hydrogens is 392 g/mol. The topological polar surface area (TPSA) is 60.0 Å². The smallest absolute Gasteiger partial charge is 0.237 e. The molecule has 3 heterocycles. The molecule has 0 spiro atoms. The van der Waals surface area contributed by atoms with Crippen LogP contribution >= 0.6 is 0 Å². The van der Waals surface area contributed by atoms with Crippen LogP contribution in [0.1, 0.15) is 36.8 Å². The fraction of sp³-hybridized carbons (Fsp3) is 0.480. The highest BCUT2D eigenvalue weighted by molar-refractivity contribution is 5.82. The van der Waals surface area contributed by atoms with E-state index in [2.05, 4.69) is 46.6 Å². The van der Waals surface area contributed by atoms with Crippen molar-refractivity contribution in [1.82, 2.24) is 10.2 Å². The van der Waals surface area contributed by atoms with Crippen LogP contribution < -0.4 is 14.8 Å². The van der Waals surface area contributed by atoms with Gasteiger partial charge in [-0.25, -0.2) is 0 Å². The second kappa shape index (κ2) is 8.89. The average Bonchev–Trinajstić information content (AvgIpc) is 3.48. The fourth-order valence-corrected chi connectivity index (χ4v) is 5.06. The molecule has 0 bridgehead atoms. The lowest BCUT2D eigenvalue weighted by atomic mass is 9.74. The van der Waals surface area contributed by atoms with Crippen molar-refractivity contribution in [1.29, 1.82) is 0 Å². The molecule has 1 atom stereocenters. The number of carbonyl (C=O) groups excluding carboxylic acids is 1. The summed E-state index contributed by atoms with van der Waals surface area (Å²) >= 11 is 0. The first kappa shape index (κ1) is 20.3. The molecule has 2 aromatic carbocycles. The quantitative estimate of drug-likeness (QED) is 0.775. The number of hydrogen-bond donors (Lipinski definition) is 1. The van der Waals surface area contributed by atoms with Gasteiger partial charge in [-0.1, -0.05) is 36.4 Å². The molecule has 0 unspecified atom stereocenters. The minimum Gasteiger partial charge on any atom is -0.454 e. The Morgan fingerprint density at radius 1 is 1.06 bits per heavy atom. The molecule has 0 aliphatic carbocycles. The second-order valence-electron chi connectivity index (χ2n) is 8.79. The molecule has 2 aromatic rings. The first-order valence-corrected chi connectivity index (χ1v) is 11.3. The Bertz CT molecular complexity index is 911. The molecule has 0 saturated carbocycles. The number of benzene rings is 2. The Morgan fingerprint density at radius 2 is 1.87 bits per heavy atom. The first-order chi connectivity index (χ1) is 15.2. The normalized spacial score (nSPS) is 22.4. The summed E-state index contributed by atoms with van der Waals surface area (Å²) in [5.41, 5.74) is 2.30. The van der Waals surface area contributed by atoms with Crippen molar-refractivity contribution in [2.75, 3.05) is 33.1 Å². The van der Waals surface area contributed by atoms with Crippen molar-refractivity contribution < 1.29 is 19.0 Å². The Labute approximate surface area is 183 Å². The molecule has 3 aliphatic heterocycles. The van der Waals surface area contributed by atoms with Crippen LogP contribution in [0, 0.1) is 0 Å². The lowest BCUT2D eigenvalue weighted by molar-refractivity contribution is -0.126. The van der Waals surface area contributed by atoms with Crippen molar-refractivity contribution in [3.8, 4) is 11.5 Å². The summed E-state index contributed by atoms with van der Waals surface area (Å²) in [7, 11) is 0. The number of rotatable bonds is 6. The molecule has 5 rings (SSSR count). The zero-order valence-corrected chi connectivity index (χ0v) is 17.8. The summed E-state index contributed by atoms with van der Waals surface area (Å²) in [6.45, 7) is 4.07. The zero-order chi connectivity index (χ0) is 21.1. The van der Waals surface area contributed by atoms with Crippen LogP contribution in [-0.2, 0) is 21.5 Å². The molecule has 2 saturated heterocycles. The fourth-order valence-electron chi connectivity index (χ4n) is 5.06. The molecule has 3 aliphatic rings. The van der Waals surface area contributed by atoms with E-state index in [1.165, 1.54) is 11.1 Å². The SMILES string of the molecule is O=C(NCC1(c2ccc3c(c2)OCO3)CCOCC1)[C@@H]1CCCN1Cc1ccccc1. The number of hydrogen-bond acceptors (Lipinski definition) is 5. The van der Waals surface area contributed by atoms with Gasteiger partial charge in [-0.3, -0.25) is 9.69 Å². The van der Waals surface area contributed by atoms with Crippen LogP contribution in [0.2, 0.25) is 0 Å². The predicted molar refractivity (Wildman–Crippen MR) is 117 cm³/mol. The van der Waals surface area contributed by atoms with E-state index < -0.39 is 0 Å². The van der Waals surface area contributed by atoms with Crippen LogP contribution in [0.5, 0.6) is 11.5 Å². The summed E-state index contributed by atoms with van der Waals surface area (Å²) in [5.74, 6) is 1.72. The second-order valence-corrected chi connectivity index (χ2v) is 8.79. The molecule has 1 amide bonds. The summed E-state index contributed by atoms with van der Waals surface area (Å²) < 4.78 is 16.7. The van der Waals surface area contributed by atoms with E-state index in [0.717, 1.165) is 50.3 Å². The molecule has 6 heteroatoms. The van der Waals surface area contributed by atoms with Crippen LogP contribution in [0.4, 0.5) is 0 Å². The van der Waals surface area contributed by atoms with E-state index in [-0.39, 0.29) is 24.2 Å². The van der Waals surface area contributed by atoms with Crippen molar-refractivity contribution in [2.45, 2.75) is 43.7 Å². The van der Waals surface area contributed by atoms with Gasteiger partial charge in [-0.2, -0.15) is 0 Å². The van der Waals surface area contributed by atoms with Crippen molar-refractivity contribution >= 4 is 5.91 Å². The largest absolute Gasteiger partial charge is 0.454 e. The average molecular weight is 423 g/mol. The van der Waals surface area contributed by atoms with Crippen LogP contribution in [0.25, 0.3) is 0 Å². The molecular formula is C25H30N2O4. The summed E-state index contributed by atoms with van der Waals surface area (Å²) in [4.78, 5) is 15.5. The molecule has 31 heavy (non-hydrogen) atoms. The van der Waals surface area contributed by atoms with Gasteiger partial charge in [-0.15, -0.1) is 0 Å². The standard InChI is InChI=1S/C25H30N2O4/c28-24(21-7-4-12-27(21)16-19-5-2-1-3-6-19)26-17-25(10-13-29-14-11-25)20-8-9-22-23(15-20)31-18-30-22/h1-3,5-6,8-9,15,21H,4,7,10-14,16-18H2,(H,26,28)/t21-/m0/s1. The van der Waals surface area contributed by atoms with E-state index in [1.54, 1.807) is 0 Å². The van der Waals surface area contributed by atoms with Gasteiger partial charge < -0.3 is 19.5 Å². The van der Waals surface area contributed by atoms with Gasteiger partial charge in [-0.05, 0) is 55.5 Å². The van der Waals surface area contributed by atoms with Crippen molar-refractivity contribution in [3.05, 3.63) is 59.7 Å². The molecule has 0 radical (unpaired) electrons. The lowest BCUT2D eigenvalue weighted by Gasteiger charge is -2.38. The van der Waals surface area contributed by atoms with E-state index in [9.17, 15) is 4.79 Å². The number of nitrogens with one attached hydrogen (secondary N) is 1. The Hall–Kier alpha value is -2.57. The monoisotopic (exact) mass is 422 g/mol. The highest BCUT2D eigenvalue weighted by atomic mass is 16.7. The van der Waals surface area contributed by atoms with Gasteiger partial charge in [0.05, 0.1) is 6.04 Å². The van der Waals surface area contributed by atoms with Crippen LogP contribution in [-0.4, -0.2) is 49.9 Å². The van der Waals surface area contributed by atoms with E-state index in [0.29, 0.717) is 19.8 Å². The van der Waals surface area contributed by atoms with E-state index >= 15 is 0 Å². The Morgan fingerprint density at radius 3 is 2.71 bits per heavy atom. The third-order valence-corrected chi connectivity index (χ3v) is 6.93. The predicted octanol–water partition coefficient (Wildman–Crippen LogP) is 3.24. The number of fused-ring (bicyclic) bond motifs is 1. The highest BCUT2D eigenvalue weighted by Gasteiger charge is 2.38. The maximum absolute atomic E-state index is 13.2. The first-order valence-electron chi connectivity index (χ1n) is 11.3. The van der Waals surface area contributed by atoms with Gasteiger partial charge >= 0.3 is 0 Å². The Balaban J connectivity index is 1.28. The van der Waals surface area contributed by atoms with Gasteiger partial charge in [0.2, 0.25) is 12.7 Å². The van der Waals surface area contributed by atoms with E-state index in [4.69, 9.17) is 14.2 Å². The van der Waals surface area contributed by atoms with Crippen molar-refractivity contribution in [3.63, 3.8) is 0 Å². The number of likely N-dealkylation sites (tertiary alicyclic amines) is 1. The van der Waals surface area contributed by atoms with Gasteiger partial charge in [0.1, 0.15) is 0 Å². The molecule has 2 fully saturated rings. The number of amides is 1. The molecule has 0 aromatic heterocycles. The maximum atomic E-state index is 13.2. The zero-order valence-electron chi connectivity index (χ0n) is 17.8. The summed E-state index contributed by atoms with van der Waals surface area (Å²) in [6.07, 6.45) is 3.74. The number of nitrogens with zero attached hydrogens (tertiary/aromatic N) is 1. The molecule has 6 nitrogen and oxygen atoms in total. The third kappa shape index (κ3) is 4.27. The number of ether oxygens (including phenoxy) is 3. The van der Waals surface area contributed by atoms with Gasteiger partial charge in [0.15, 0.2) is 11.5 Å². The maximum Gasteiger partial charge on any atom is 0.237 e. The summed E-state index contributed by atoms with van der Waals surface area (Å²) in [6, 6.07) is 16.5. The van der Waals surface area contributed by atoms with Crippen LogP contribution in [0.15, 0.2) is 48.5 Å². The minimum atomic E-state index is -0.141. The van der Waals surface area contributed by atoms with Crippen LogP contribution in [0.3, 0.4) is 0 Å². The van der Waals surface area contributed by atoms with E-state index in [1.807, 2.05) is 12.1 Å². The minimum absolute atomic E-state index is 0.0612. The summed E-state index contributed by atoms with van der Waals surface area (Å²) in [5, 5.41) is 3.31.